The molecule has 0 atom stereocenters. The van der Waals surface area contributed by atoms with Crippen LogP contribution in [0.25, 0.3) is 0 Å². The van der Waals surface area contributed by atoms with E-state index in [0.29, 0.717) is 18.8 Å². The van der Waals surface area contributed by atoms with E-state index in [0.717, 1.165) is 16.7 Å². The standard InChI is InChI=1S/C21H18O3/c22-21(23)18-11-12-20(24-15-17-9-5-2-6-10-17)19(14-18)13-16-7-3-1-4-8-16/h1-12,14H,13,15H2,(H,22,23). The Morgan fingerprint density at radius 1 is 0.833 bits per heavy atom. The molecule has 0 radical (unpaired) electrons. The predicted molar refractivity (Wildman–Crippen MR) is 93.4 cm³/mol. The van der Waals surface area contributed by atoms with Crippen LogP contribution in [0.2, 0.25) is 0 Å². The number of carboxylic acid groups (broad SMARTS) is 1. The van der Waals surface area contributed by atoms with Crippen molar-refractivity contribution in [3.63, 3.8) is 0 Å². The molecule has 3 heteroatoms. The Hall–Kier alpha value is -3.07. The monoisotopic (exact) mass is 318 g/mol. The molecule has 0 fully saturated rings. The van der Waals surface area contributed by atoms with Crippen molar-refractivity contribution in [1.29, 1.82) is 0 Å². The highest BCUT2D eigenvalue weighted by atomic mass is 16.5. The molecule has 0 aliphatic rings. The van der Waals surface area contributed by atoms with Gasteiger partial charge in [-0.25, -0.2) is 4.79 Å². The molecule has 1 N–H and O–H groups in total. The van der Waals surface area contributed by atoms with Gasteiger partial charge < -0.3 is 9.84 Å². The second-order valence-corrected chi connectivity index (χ2v) is 5.56. The van der Waals surface area contributed by atoms with Gasteiger partial charge in [0.05, 0.1) is 5.56 Å². The van der Waals surface area contributed by atoms with Crippen molar-refractivity contribution in [3.05, 3.63) is 101 Å². The van der Waals surface area contributed by atoms with Crippen LogP contribution in [0.4, 0.5) is 0 Å². The third-order valence-corrected chi connectivity index (χ3v) is 3.78. The Labute approximate surface area is 141 Å². The van der Waals surface area contributed by atoms with E-state index in [1.54, 1.807) is 18.2 Å². The molecule has 0 amide bonds. The van der Waals surface area contributed by atoms with E-state index in [9.17, 15) is 9.90 Å². The SMILES string of the molecule is O=C(O)c1ccc(OCc2ccccc2)c(Cc2ccccc2)c1. The molecule has 0 unspecified atom stereocenters. The summed E-state index contributed by atoms with van der Waals surface area (Å²) in [5.74, 6) is -0.216. The summed E-state index contributed by atoms with van der Waals surface area (Å²) in [5.41, 5.74) is 3.33. The fraction of sp³-hybridized carbons (Fsp3) is 0.0952. The smallest absolute Gasteiger partial charge is 0.335 e. The first kappa shape index (κ1) is 15.8. The molecule has 3 nitrogen and oxygen atoms in total. The van der Waals surface area contributed by atoms with Crippen LogP contribution in [0.3, 0.4) is 0 Å². The van der Waals surface area contributed by atoms with E-state index in [2.05, 4.69) is 0 Å². The van der Waals surface area contributed by atoms with Crippen molar-refractivity contribution in [1.82, 2.24) is 0 Å². The zero-order valence-corrected chi connectivity index (χ0v) is 13.2. The molecular weight excluding hydrogens is 300 g/mol. The lowest BCUT2D eigenvalue weighted by atomic mass is 10.0. The second-order valence-electron chi connectivity index (χ2n) is 5.56. The molecule has 0 spiro atoms. The first-order valence-corrected chi connectivity index (χ1v) is 7.79. The van der Waals surface area contributed by atoms with Crippen molar-refractivity contribution in [2.75, 3.05) is 0 Å². The van der Waals surface area contributed by atoms with Gasteiger partial charge in [0.2, 0.25) is 0 Å². The van der Waals surface area contributed by atoms with E-state index >= 15 is 0 Å². The number of benzene rings is 3. The van der Waals surface area contributed by atoms with E-state index in [4.69, 9.17) is 4.74 Å². The minimum Gasteiger partial charge on any atom is -0.489 e. The zero-order valence-electron chi connectivity index (χ0n) is 13.2. The number of ether oxygens (including phenoxy) is 1. The number of carboxylic acids is 1. The van der Waals surface area contributed by atoms with Gasteiger partial charge in [0, 0.05) is 6.42 Å². The van der Waals surface area contributed by atoms with Crippen molar-refractivity contribution in [2.45, 2.75) is 13.0 Å². The van der Waals surface area contributed by atoms with Crippen LogP contribution in [-0.4, -0.2) is 11.1 Å². The summed E-state index contributed by atoms with van der Waals surface area (Å²) in [4.78, 5) is 11.3. The zero-order chi connectivity index (χ0) is 16.8. The number of carbonyl (C=O) groups is 1. The molecular formula is C21H18O3. The van der Waals surface area contributed by atoms with Gasteiger partial charge in [0.25, 0.3) is 0 Å². The Bertz CT molecular complexity index is 811. The summed E-state index contributed by atoms with van der Waals surface area (Å²) in [5, 5.41) is 9.23. The topological polar surface area (TPSA) is 46.5 Å². The first-order valence-electron chi connectivity index (χ1n) is 7.79. The van der Waals surface area contributed by atoms with Gasteiger partial charge in [-0.3, -0.25) is 0 Å². The van der Waals surface area contributed by atoms with Crippen LogP contribution in [0.1, 0.15) is 27.0 Å². The normalized spacial score (nSPS) is 10.3. The second kappa shape index (κ2) is 7.47. The fourth-order valence-corrected chi connectivity index (χ4v) is 2.54. The van der Waals surface area contributed by atoms with E-state index in [-0.39, 0.29) is 5.56 Å². The number of aromatic carboxylic acids is 1. The number of hydrogen-bond donors (Lipinski definition) is 1. The highest BCUT2D eigenvalue weighted by Crippen LogP contribution is 2.24. The van der Waals surface area contributed by atoms with Crippen molar-refractivity contribution < 1.29 is 14.6 Å². The molecule has 0 aliphatic carbocycles. The molecule has 24 heavy (non-hydrogen) atoms. The third kappa shape index (κ3) is 4.02. The van der Waals surface area contributed by atoms with E-state index in [1.165, 1.54) is 0 Å². The van der Waals surface area contributed by atoms with Gasteiger partial charge >= 0.3 is 5.97 Å². The molecule has 0 aromatic heterocycles. The lowest BCUT2D eigenvalue weighted by molar-refractivity contribution is 0.0696. The summed E-state index contributed by atoms with van der Waals surface area (Å²) in [6.45, 7) is 0.453. The minimum absolute atomic E-state index is 0.271. The molecule has 3 rings (SSSR count). The molecule has 3 aromatic carbocycles. The van der Waals surface area contributed by atoms with Crippen LogP contribution < -0.4 is 4.74 Å². The van der Waals surface area contributed by atoms with Crippen molar-refractivity contribution in [3.8, 4) is 5.75 Å². The molecule has 0 bridgehead atoms. The van der Waals surface area contributed by atoms with Crippen LogP contribution in [0, 0.1) is 0 Å². The van der Waals surface area contributed by atoms with Gasteiger partial charge in [0.1, 0.15) is 12.4 Å². The summed E-state index contributed by atoms with van der Waals surface area (Å²) < 4.78 is 5.94. The maximum Gasteiger partial charge on any atom is 0.335 e. The van der Waals surface area contributed by atoms with Crippen molar-refractivity contribution >= 4 is 5.97 Å². The van der Waals surface area contributed by atoms with Gasteiger partial charge in [-0.1, -0.05) is 60.7 Å². The number of hydrogen-bond acceptors (Lipinski definition) is 2. The average Bonchev–Trinajstić information content (AvgIpc) is 2.62. The summed E-state index contributed by atoms with van der Waals surface area (Å²) in [7, 11) is 0. The highest BCUT2D eigenvalue weighted by Gasteiger charge is 2.10. The van der Waals surface area contributed by atoms with Gasteiger partial charge in [-0.05, 0) is 34.9 Å². The Kier molecular flexibility index (Phi) is 4.92. The molecule has 0 heterocycles. The van der Waals surface area contributed by atoms with Crippen LogP contribution in [-0.2, 0) is 13.0 Å². The lowest BCUT2D eigenvalue weighted by Crippen LogP contribution is -2.03. The molecule has 0 aliphatic heterocycles. The largest absolute Gasteiger partial charge is 0.489 e. The molecule has 0 saturated carbocycles. The van der Waals surface area contributed by atoms with Gasteiger partial charge in [-0.2, -0.15) is 0 Å². The maximum absolute atomic E-state index is 11.3. The predicted octanol–water partition coefficient (Wildman–Crippen LogP) is 4.55. The molecule has 3 aromatic rings. The molecule has 0 saturated heterocycles. The summed E-state index contributed by atoms with van der Waals surface area (Å²) in [6, 6.07) is 24.9. The van der Waals surface area contributed by atoms with Gasteiger partial charge in [0.15, 0.2) is 0 Å². The third-order valence-electron chi connectivity index (χ3n) is 3.78. The number of rotatable bonds is 6. The Balaban J connectivity index is 1.85. The quantitative estimate of drug-likeness (QED) is 0.725. The minimum atomic E-state index is -0.932. The van der Waals surface area contributed by atoms with Crippen molar-refractivity contribution in [2.24, 2.45) is 0 Å². The summed E-state index contributed by atoms with van der Waals surface area (Å²) >= 11 is 0. The summed E-state index contributed by atoms with van der Waals surface area (Å²) in [6.07, 6.45) is 0.631. The van der Waals surface area contributed by atoms with E-state index in [1.807, 2.05) is 60.7 Å². The Morgan fingerprint density at radius 3 is 2.08 bits per heavy atom. The fourth-order valence-electron chi connectivity index (χ4n) is 2.54. The first-order chi connectivity index (χ1) is 11.7. The lowest BCUT2D eigenvalue weighted by Gasteiger charge is -2.13. The van der Waals surface area contributed by atoms with Crippen LogP contribution in [0.15, 0.2) is 78.9 Å². The Morgan fingerprint density at radius 2 is 1.46 bits per heavy atom. The maximum atomic E-state index is 11.3. The van der Waals surface area contributed by atoms with E-state index < -0.39 is 5.97 Å². The van der Waals surface area contributed by atoms with Crippen LogP contribution >= 0.6 is 0 Å². The average molecular weight is 318 g/mol. The van der Waals surface area contributed by atoms with Crippen LogP contribution in [0.5, 0.6) is 5.75 Å². The van der Waals surface area contributed by atoms with Gasteiger partial charge in [-0.15, -0.1) is 0 Å². The molecule has 120 valence electrons. The highest BCUT2D eigenvalue weighted by molar-refractivity contribution is 5.88.